The Hall–Kier alpha value is -1.34. The van der Waals surface area contributed by atoms with Crippen molar-refractivity contribution in [3.8, 4) is 11.5 Å². The Morgan fingerprint density at radius 2 is 2.13 bits per heavy atom. The minimum atomic E-state index is -1.67. The van der Waals surface area contributed by atoms with Gasteiger partial charge in [0.15, 0.2) is 6.23 Å². The molecule has 3 heterocycles. The summed E-state index contributed by atoms with van der Waals surface area (Å²) in [6, 6.07) is 0. The average molecular weight is 450 g/mol. The van der Waals surface area contributed by atoms with Crippen molar-refractivity contribution in [2.75, 3.05) is 6.61 Å². The Kier molecular flexibility index (Phi) is 6.19. The predicted octanol–water partition coefficient (Wildman–Crippen LogP) is 2.16. The molecule has 1 aliphatic rings. The van der Waals surface area contributed by atoms with Gasteiger partial charge in [-0.3, -0.25) is 0 Å². The maximum absolute atomic E-state index is 11.5. The lowest BCUT2D eigenvalue weighted by molar-refractivity contribution is -0.0915. The van der Waals surface area contributed by atoms with Crippen LogP contribution in [0.1, 0.15) is 18.7 Å². The highest BCUT2D eigenvalue weighted by molar-refractivity contribution is 6.83. The van der Waals surface area contributed by atoms with Gasteiger partial charge >= 0.3 is 0 Å². The summed E-state index contributed by atoms with van der Waals surface area (Å²) >= 11 is 6.40. The molecule has 0 aliphatic carbocycles. The van der Waals surface area contributed by atoms with E-state index in [-0.39, 0.29) is 11.8 Å². The molecule has 0 aromatic carbocycles. The van der Waals surface area contributed by atoms with E-state index >= 15 is 0 Å². The molecule has 2 aromatic rings. The van der Waals surface area contributed by atoms with Crippen LogP contribution in [0.2, 0.25) is 38.4 Å². The number of fused-ring (bicyclic) bond motifs is 1. The zero-order chi connectivity index (χ0) is 23.8. The lowest BCUT2D eigenvalue weighted by atomic mass is 9.93. The van der Waals surface area contributed by atoms with Crippen LogP contribution >= 0.6 is 11.6 Å². The van der Waals surface area contributed by atoms with Crippen LogP contribution in [0.25, 0.3) is 11.0 Å². The second kappa shape index (κ2) is 9.03. The monoisotopic (exact) mass is 449 g/mol. The second-order valence-corrected chi connectivity index (χ2v) is 13.5. The highest BCUT2D eigenvalue weighted by atomic mass is 35.5. The van der Waals surface area contributed by atoms with Crippen LogP contribution in [-0.2, 0) is 14.0 Å². The van der Waals surface area contributed by atoms with Gasteiger partial charge in [0.25, 0.3) is 14.9 Å². The van der Waals surface area contributed by atoms with Crippen molar-refractivity contribution in [1.82, 2.24) is 14.5 Å². The fraction of sp³-hybridized carbons (Fsp3) is 0.579. The number of hydrogen-bond donors (Lipinski definition) is 1. The van der Waals surface area contributed by atoms with Crippen molar-refractivity contribution < 1.29 is 19.2 Å². The van der Waals surface area contributed by atoms with Crippen molar-refractivity contribution in [1.29, 1.82) is 2.67 Å². The number of ether oxygens (including phenoxy) is 1. The summed E-state index contributed by atoms with van der Waals surface area (Å²) in [6.45, 7) is 11.2. The summed E-state index contributed by atoms with van der Waals surface area (Å²) in [5, 5.41) is 12.3. The Labute approximate surface area is 187 Å². The first-order valence-corrected chi connectivity index (χ1v) is 13.7. The van der Waals surface area contributed by atoms with Gasteiger partial charge in [0.05, 0.1) is 17.6 Å². The molecule has 1 fully saturated rings. The van der Waals surface area contributed by atoms with Gasteiger partial charge in [-0.2, -0.15) is 0 Å². The quantitative estimate of drug-likeness (QED) is 0.414. The third-order valence-electron chi connectivity index (χ3n) is 4.82. The predicted molar refractivity (Wildman–Crippen MR) is 124 cm³/mol. The highest BCUT2D eigenvalue weighted by Crippen LogP contribution is 2.42. The Balaban J connectivity index is 2.10. The molecule has 11 heteroatoms. The summed E-state index contributed by atoms with van der Waals surface area (Å²) in [7, 11) is -3.32. The van der Waals surface area contributed by atoms with Crippen LogP contribution in [-0.4, -0.2) is 69.7 Å². The SMILES string of the molecule is [2H]B(C)OC[C@H]1OC(n2cc(C#C[Si](C)(C)C)c3c(Cl)ncnc32)[C@](C)(O)[C@@H]1OB([2H])C. The van der Waals surface area contributed by atoms with Crippen molar-refractivity contribution in [2.24, 2.45) is 0 Å². The van der Waals surface area contributed by atoms with Gasteiger partial charge < -0.3 is 23.7 Å². The molecule has 4 atom stereocenters. The maximum Gasteiger partial charge on any atom is 0.272 e. The van der Waals surface area contributed by atoms with Crippen molar-refractivity contribution >= 4 is 45.6 Å². The van der Waals surface area contributed by atoms with E-state index in [1.807, 2.05) is 0 Å². The maximum atomic E-state index is 11.5. The third kappa shape index (κ3) is 4.62. The summed E-state index contributed by atoms with van der Waals surface area (Å²) in [5.41, 5.74) is 2.93. The lowest BCUT2D eigenvalue weighted by Gasteiger charge is -2.30. The minimum Gasteiger partial charge on any atom is -0.437 e. The minimum absolute atomic E-state index is 0.0337. The van der Waals surface area contributed by atoms with E-state index in [9.17, 15) is 5.11 Å². The molecule has 1 unspecified atom stereocenters. The Bertz CT molecular complexity index is 1040. The number of halogens is 1. The van der Waals surface area contributed by atoms with Gasteiger partial charge in [0, 0.05) is 8.87 Å². The van der Waals surface area contributed by atoms with Crippen LogP contribution in [0.4, 0.5) is 0 Å². The molecule has 30 heavy (non-hydrogen) atoms. The molecule has 1 aliphatic heterocycles. The summed E-state index contributed by atoms with van der Waals surface area (Å²) < 4.78 is 34.5. The van der Waals surface area contributed by atoms with E-state index in [4.69, 9.17) is 28.3 Å². The molecule has 160 valence electrons. The number of nitrogens with zero attached hydrogens (tertiary/aromatic N) is 3. The Morgan fingerprint density at radius 3 is 2.77 bits per heavy atom. The zero-order valence-electron chi connectivity index (χ0n) is 20.1. The first-order valence-electron chi connectivity index (χ1n) is 11.0. The standard InChI is InChI=1S/C19H28B2ClN3O4Si/c1-19(26)15(29-21-3)13(10-27-20-2)28-18(19)25-9-12(7-8-30(4,5)6)14-16(22)23-11-24-17(14)25/h9,11,13,15,18,20-21,26H,10H2,1-6H3/t13-,15-,18?,19-/m1/s1/i20D,21D. The second-order valence-electron chi connectivity index (χ2n) is 8.43. The van der Waals surface area contributed by atoms with E-state index < -0.39 is 47.0 Å². The average Bonchev–Trinajstić information content (AvgIpc) is 3.14. The zero-order valence-corrected chi connectivity index (χ0v) is 19.9. The fourth-order valence-corrected chi connectivity index (χ4v) is 4.24. The van der Waals surface area contributed by atoms with E-state index in [0.717, 1.165) is 0 Å². The van der Waals surface area contributed by atoms with Gasteiger partial charge in [-0.25, -0.2) is 9.97 Å². The molecule has 0 saturated carbocycles. The first kappa shape index (κ1) is 20.6. The molecule has 0 spiro atoms. The van der Waals surface area contributed by atoms with Crippen LogP contribution < -0.4 is 0 Å². The smallest absolute Gasteiger partial charge is 0.272 e. The molecule has 3 rings (SSSR count). The first-order chi connectivity index (χ1) is 14.8. The topological polar surface area (TPSA) is 78.6 Å². The summed E-state index contributed by atoms with van der Waals surface area (Å²) in [6.07, 6.45) is 0.654. The van der Waals surface area contributed by atoms with Gasteiger partial charge in [0.2, 0.25) is 0 Å². The lowest BCUT2D eigenvalue weighted by Crippen LogP contribution is -2.46. The van der Waals surface area contributed by atoms with Crippen LogP contribution in [0.15, 0.2) is 12.5 Å². The molecule has 2 aromatic heterocycles. The molecule has 1 N–H and O–H groups in total. The number of aliphatic hydroxyl groups is 1. The van der Waals surface area contributed by atoms with Crippen molar-refractivity contribution in [2.45, 2.75) is 64.2 Å². The van der Waals surface area contributed by atoms with E-state index in [1.54, 1.807) is 31.3 Å². The normalized spacial score (nSPS) is 27.4. The van der Waals surface area contributed by atoms with E-state index in [1.165, 1.54) is 6.33 Å². The fourth-order valence-electron chi connectivity index (χ4n) is 3.50. The molecule has 7 nitrogen and oxygen atoms in total. The molecule has 0 radical (unpaired) electrons. The molecule has 1 saturated heterocycles. The van der Waals surface area contributed by atoms with Crippen molar-refractivity contribution in [3.63, 3.8) is 0 Å². The van der Waals surface area contributed by atoms with Crippen LogP contribution in [0, 0.1) is 11.5 Å². The number of aromatic nitrogens is 3. The van der Waals surface area contributed by atoms with Gasteiger partial charge in [-0.1, -0.05) is 50.8 Å². The van der Waals surface area contributed by atoms with Gasteiger partial charge in [0.1, 0.15) is 43.0 Å². The van der Waals surface area contributed by atoms with Crippen LogP contribution in [0.3, 0.4) is 0 Å². The summed E-state index contributed by atoms with van der Waals surface area (Å²) in [5.74, 6) is 3.21. The van der Waals surface area contributed by atoms with Crippen LogP contribution in [0.5, 0.6) is 0 Å². The summed E-state index contributed by atoms with van der Waals surface area (Å²) in [4.78, 5) is 8.48. The number of rotatable bonds is 6. The number of hydrogen-bond acceptors (Lipinski definition) is 6. The highest BCUT2D eigenvalue weighted by Gasteiger charge is 2.54. The largest absolute Gasteiger partial charge is 0.437 e. The molecule has 0 bridgehead atoms. The third-order valence-corrected chi connectivity index (χ3v) is 5.98. The van der Waals surface area contributed by atoms with Gasteiger partial charge in [-0.15, -0.1) is 5.54 Å². The molecular formula is C19H28B2ClN3O4Si. The molecular weight excluding hydrogens is 419 g/mol. The van der Waals surface area contributed by atoms with Crippen molar-refractivity contribution in [3.05, 3.63) is 23.2 Å². The van der Waals surface area contributed by atoms with Gasteiger partial charge in [-0.05, 0) is 6.92 Å². The van der Waals surface area contributed by atoms with E-state index in [2.05, 4.69) is 41.1 Å². The molecule has 0 amide bonds. The van der Waals surface area contributed by atoms with E-state index in [0.29, 0.717) is 16.6 Å². The Morgan fingerprint density at radius 1 is 1.40 bits per heavy atom.